The monoisotopic (exact) mass is 262 g/mol. The smallest absolute Gasteiger partial charge is 0.0737 e. The van der Waals surface area contributed by atoms with Crippen LogP contribution in [0.15, 0.2) is 0 Å². The summed E-state index contributed by atoms with van der Waals surface area (Å²) in [5.74, 6) is 2.22. The Morgan fingerprint density at radius 1 is 0.684 bits per heavy atom. The van der Waals surface area contributed by atoms with E-state index in [0.717, 1.165) is 18.3 Å². The van der Waals surface area contributed by atoms with Crippen molar-refractivity contribution in [3.05, 3.63) is 0 Å². The van der Waals surface area contributed by atoms with Crippen LogP contribution >= 0.6 is 0 Å². The van der Waals surface area contributed by atoms with Crippen LogP contribution in [0.2, 0.25) is 18.0 Å². The molecule has 2 rings (SSSR count). The van der Waals surface area contributed by atoms with E-state index in [9.17, 15) is 0 Å². The third-order valence-electron chi connectivity index (χ3n) is 5.90. The average Bonchev–Trinajstić information content (AvgIpc) is 2.49. The summed E-state index contributed by atoms with van der Waals surface area (Å²) in [7, 11) is 0. The molecule has 0 nitrogen and oxygen atoms in total. The lowest BCUT2D eigenvalue weighted by Crippen LogP contribution is -2.30. The lowest BCUT2D eigenvalue weighted by molar-refractivity contribution is 0.458. The summed E-state index contributed by atoms with van der Waals surface area (Å²) >= 11 is 0. The fourth-order valence-corrected chi connectivity index (χ4v) is 4.79. The Morgan fingerprint density at radius 2 is 1.21 bits per heavy atom. The lowest BCUT2D eigenvalue weighted by atomic mass is 9.28. The topological polar surface area (TPSA) is 0 Å². The van der Waals surface area contributed by atoms with Crippen LogP contribution < -0.4 is 0 Å². The van der Waals surface area contributed by atoms with Gasteiger partial charge in [-0.15, -0.1) is 0 Å². The first-order chi connectivity index (χ1) is 9.42. The molecule has 0 aromatic carbocycles. The van der Waals surface area contributed by atoms with Crippen molar-refractivity contribution < 1.29 is 0 Å². The van der Waals surface area contributed by atoms with Gasteiger partial charge in [0, 0.05) is 0 Å². The third-order valence-corrected chi connectivity index (χ3v) is 5.90. The molecule has 19 heavy (non-hydrogen) atoms. The van der Waals surface area contributed by atoms with Gasteiger partial charge in [-0.05, 0) is 0 Å². The van der Waals surface area contributed by atoms with Crippen molar-refractivity contribution in [2.45, 2.75) is 115 Å². The highest BCUT2D eigenvalue weighted by atomic mass is 14.2. The highest BCUT2D eigenvalue weighted by molar-refractivity contribution is 6.62. The molecule has 0 spiro atoms. The summed E-state index contributed by atoms with van der Waals surface area (Å²) in [5.41, 5.74) is 0. The van der Waals surface area contributed by atoms with Crippen molar-refractivity contribution in [2.24, 2.45) is 0 Å². The predicted octanol–water partition coefficient (Wildman–Crippen LogP) is 6.73. The zero-order valence-corrected chi connectivity index (χ0v) is 13.3. The van der Waals surface area contributed by atoms with Crippen molar-refractivity contribution in [3.63, 3.8) is 0 Å². The zero-order chi connectivity index (χ0) is 13.3. The van der Waals surface area contributed by atoms with E-state index in [1.165, 1.54) is 64.2 Å². The van der Waals surface area contributed by atoms with Gasteiger partial charge in [0.1, 0.15) is 6.71 Å². The Bertz CT molecular complexity index is 196. The summed E-state index contributed by atoms with van der Waals surface area (Å²) in [5, 5.41) is 0. The van der Waals surface area contributed by atoms with Crippen molar-refractivity contribution in [1.29, 1.82) is 0 Å². The molecule has 0 N–H and O–H groups in total. The van der Waals surface area contributed by atoms with E-state index in [2.05, 4.69) is 6.92 Å². The Kier molecular flexibility index (Phi) is 7.39. The summed E-state index contributed by atoms with van der Waals surface area (Å²) in [6.45, 7) is 3.44. The van der Waals surface area contributed by atoms with Gasteiger partial charge in [-0.3, -0.25) is 0 Å². The molecule has 2 aliphatic carbocycles. The van der Waals surface area contributed by atoms with Crippen LogP contribution in [0.25, 0.3) is 0 Å². The van der Waals surface area contributed by atoms with Gasteiger partial charge < -0.3 is 0 Å². The zero-order valence-electron chi connectivity index (χ0n) is 13.3. The molecule has 110 valence electrons. The van der Waals surface area contributed by atoms with Crippen LogP contribution in [-0.2, 0) is 0 Å². The summed E-state index contributed by atoms with van der Waals surface area (Å²) in [6, 6.07) is 0. The number of hydrogen-bond donors (Lipinski definition) is 0. The number of hydrogen-bond acceptors (Lipinski definition) is 0. The fraction of sp³-hybridized carbons (Fsp3) is 1.00. The summed E-state index contributed by atoms with van der Waals surface area (Å²) in [6.07, 6.45) is 22.8. The number of unbranched alkanes of at least 4 members (excludes halogenated alkanes) is 3. The highest BCUT2D eigenvalue weighted by Gasteiger charge is 2.33. The molecule has 0 aromatic heterocycles. The molecular weight excluding hydrogens is 227 g/mol. The third kappa shape index (κ3) is 5.16. The number of rotatable bonds is 7. The van der Waals surface area contributed by atoms with Gasteiger partial charge in [-0.2, -0.15) is 0 Å². The quantitative estimate of drug-likeness (QED) is 0.352. The van der Waals surface area contributed by atoms with Gasteiger partial charge >= 0.3 is 0 Å². The van der Waals surface area contributed by atoms with Crippen LogP contribution in [0, 0.1) is 0 Å². The van der Waals surface area contributed by atoms with Gasteiger partial charge in [-0.1, -0.05) is 115 Å². The minimum absolute atomic E-state index is 1.11. The molecule has 0 atom stereocenters. The van der Waals surface area contributed by atoms with E-state index in [4.69, 9.17) is 0 Å². The maximum atomic E-state index is 2.33. The molecule has 0 heterocycles. The first-order valence-electron chi connectivity index (χ1n) is 9.42. The van der Waals surface area contributed by atoms with E-state index in [1.54, 1.807) is 32.0 Å². The molecule has 0 aromatic rings. The molecule has 1 heteroatoms. The molecule has 2 fully saturated rings. The SMILES string of the molecule is CCCCCCB(C1CCCCC1)C1CCCCC1. The molecule has 0 saturated heterocycles. The van der Waals surface area contributed by atoms with Gasteiger partial charge in [0.2, 0.25) is 0 Å². The molecule has 0 amide bonds. The van der Waals surface area contributed by atoms with E-state index < -0.39 is 0 Å². The minimum atomic E-state index is 1.11. The van der Waals surface area contributed by atoms with E-state index in [-0.39, 0.29) is 0 Å². The molecule has 0 aliphatic heterocycles. The summed E-state index contributed by atoms with van der Waals surface area (Å²) < 4.78 is 0. The van der Waals surface area contributed by atoms with Crippen LogP contribution in [0.1, 0.15) is 96.8 Å². The Labute approximate surface area is 122 Å². The maximum absolute atomic E-state index is 2.33. The van der Waals surface area contributed by atoms with Crippen molar-refractivity contribution >= 4 is 6.71 Å². The van der Waals surface area contributed by atoms with Crippen molar-refractivity contribution in [3.8, 4) is 0 Å². The van der Waals surface area contributed by atoms with Crippen molar-refractivity contribution in [2.75, 3.05) is 0 Å². The second kappa shape index (κ2) is 9.08. The molecule has 0 bridgehead atoms. The highest BCUT2D eigenvalue weighted by Crippen LogP contribution is 2.43. The minimum Gasteiger partial charge on any atom is -0.0737 e. The van der Waals surface area contributed by atoms with E-state index >= 15 is 0 Å². The predicted molar refractivity (Wildman–Crippen MR) is 88.4 cm³/mol. The standard InChI is InChI=1S/C18H35B/c1-2-3-4-11-16-19(17-12-7-5-8-13-17)18-14-9-6-10-15-18/h17-18H,2-16H2,1H3. The Morgan fingerprint density at radius 3 is 1.68 bits per heavy atom. The second-order valence-corrected chi connectivity index (χ2v) is 7.31. The van der Waals surface area contributed by atoms with Crippen LogP contribution in [0.4, 0.5) is 0 Å². The normalized spacial score (nSPS) is 22.6. The second-order valence-electron chi connectivity index (χ2n) is 7.31. The summed E-state index contributed by atoms with van der Waals surface area (Å²) in [4.78, 5) is 0. The van der Waals surface area contributed by atoms with Gasteiger partial charge in [0.05, 0.1) is 0 Å². The fourth-order valence-electron chi connectivity index (χ4n) is 4.79. The molecular formula is C18H35B. The average molecular weight is 262 g/mol. The van der Waals surface area contributed by atoms with Crippen LogP contribution in [0.3, 0.4) is 0 Å². The lowest BCUT2D eigenvalue weighted by Gasteiger charge is -2.35. The van der Waals surface area contributed by atoms with Crippen LogP contribution in [0.5, 0.6) is 0 Å². The Hall–Kier alpha value is 0.0649. The largest absolute Gasteiger partial charge is 0.146 e. The molecule has 2 aliphatic rings. The first kappa shape index (κ1) is 15.5. The van der Waals surface area contributed by atoms with E-state index in [1.807, 2.05) is 0 Å². The van der Waals surface area contributed by atoms with Gasteiger partial charge in [-0.25, -0.2) is 0 Å². The van der Waals surface area contributed by atoms with Crippen LogP contribution in [-0.4, -0.2) is 6.71 Å². The van der Waals surface area contributed by atoms with Gasteiger partial charge in [0.25, 0.3) is 0 Å². The Balaban J connectivity index is 1.83. The molecule has 0 unspecified atom stereocenters. The van der Waals surface area contributed by atoms with E-state index in [0.29, 0.717) is 0 Å². The first-order valence-corrected chi connectivity index (χ1v) is 9.42. The molecule has 0 radical (unpaired) electrons. The van der Waals surface area contributed by atoms with Crippen molar-refractivity contribution in [1.82, 2.24) is 0 Å². The molecule has 2 saturated carbocycles. The maximum Gasteiger partial charge on any atom is 0.146 e. The van der Waals surface area contributed by atoms with Gasteiger partial charge in [0.15, 0.2) is 0 Å².